The zero-order valence-electron chi connectivity index (χ0n) is 9.69. The molecule has 0 bridgehead atoms. The summed E-state index contributed by atoms with van der Waals surface area (Å²) in [6.45, 7) is 3.71. The third-order valence-electron chi connectivity index (χ3n) is 2.04. The molecule has 0 aliphatic carbocycles. The molecule has 1 aromatic carbocycles. The lowest BCUT2D eigenvalue weighted by Gasteiger charge is -2.11. The third kappa shape index (κ3) is 4.61. The minimum absolute atomic E-state index is 0.487. The van der Waals surface area contributed by atoms with Gasteiger partial charge in [-0.25, -0.2) is 0 Å². The minimum atomic E-state index is 0.487. The lowest BCUT2D eigenvalue weighted by molar-refractivity contribution is 0.413. The second kappa shape index (κ2) is 7.21. The van der Waals surface area contributed by atoms with Crippen molar-refractivity contribution in [3.63, 3.8) is 0 Å². The van der Waals surface area contributed by atoms with E-state index in [4.69, 9.17) is 11.2 Å². The van der Waals surface area contributed by atoms with E-state index in [9.17, 15) is 0 Å². The van der Waals surface area contributed by atoms with Gasteiger partial charge in [0.2, 0.25) is 0 Å². The summed E-state index contributed by atoms with van der Waals surface area (Å²) in [7, 11) is 1.68. The summed E-state index contributed by atoms with van der Waals surface area (Å²) in [6, 6.07) is 8.08. The molecule has 3 heteroatoms. The number of terminal acetylenes is 1. The molecule has 1 rings (SSSR count). The van der Waals surface area contributed by atoms with Crippen molar-refractivity contribution in [2.75, 3.05) is 20.2 Å². The number of thioether (sulfide) groups is 1. The predicted molar refractivity (Wildman–Crippen MR) is 70.0 cm³/mol. The van der Waals surface area contributed by atoms with Gasteiger partial charge < -0.3 is 10.1 Å². The van der Waals surface area contributed by atoms with Gasteiger partial charge >= 0.3 is 0 Å². The Bertz CT molecular complexity index is 359. The van der Waals surface area contributed by atoms with E-state index in [-0.39, 0.29) is 0 Å². The van der Waals surface area contributed by atoms with E-state index in [1.54, 1.807) is 7.11 Å². The molecule has 0 fully saturated rings. The molecule has 2 nitrogen and oxygen atoms in total. The molecule has 1 aromatic rings. The van der Waals surface area contributed by atoms with Crippen LogP contribution in [0.5, 0.6) is 5.75 Å². The summed E-state index contributed by atoms with van der Waals surface area (Å²) in [5.41, 5.74) is 0. The normalized spacial score (nSPS) is 11.8. The van der Waals surface area contributed by atoms with Gasteiger partial charge in [-0.05, 0) is 18.2 Å². The number of methoxy groups -OCH3 is 1. The number of rotatable bonds is 6. The second-order valence-corrected chi connectivity index (χ2v) is 4.95. The van der Waals surface area contributed by atoms with Crippen molar-refractivity contribution < 1.29 is 4.74 Å². The van der Waals surface area contributed by atoms with Crippen LogP contribution in [-0.2, 0) is 0 Å². The zero-order chi connectivity index (χ0) is 11.8. The van der Waals surface area contributed by atoms with Crippen molar-refractivity contribution in [1.82, 2.24) is 5.32 Å². The largest absolute Gasteiger partial charge is 0.497 e. The molecule has 1 unspecified atom stereocenters. The average Bonchev–Trinajstić information content (AvgIpc) is 2.29. The first kappa shape index (κ1) is 13.0. The van der Waals surface area contributed by atoms with Gasteiger partial charge in [0.15, 0.2) is 0 Å². The predicted octanol–water partition coefficient (Wildman–Crippen LogP) is 2.40. The van der Waals surface area contributed by atoms with Crippen molar-refractivity contribution in [3.05, 3.63) is 24.3 Å². The lowest BCUT2D eigenvalue weighted by atomic mass is 10.3. The Hall–Kier alpha value is -1.11. The summed E-state index contributed by atoms with van der Waals surface area (Å²) in [5, 5.41) is 3.68. The molecule has 1 N–H and O–H groups in total. The first-order valence-electron chi connectivity index (χ1n) is 5.21. The Balaban J connectivity index is 2.43. The molecule has 0 spiro atoms. The molecular weight excluding hydrogens is 218 g/mol. The van der Waals surface area contributed by atoms with Gasteiger partial charge in [0.25, 0.3) is 0 Å². The lowest BCUT2D eigenvalue weighted by Crippen LogP contribution is -2.22. The highest BCUT2D eigenvalue weighted by Crippen LogP contribution is 2.26. The van der Waals surface area contributed by atoms with Crippen molar-refractivity contribution in [2.45, 2.75) is 17.1 Å². The number of benzene rings is 1. The number of nitrogens with one attached hydrogen (secondary N) is 1. The average molecular weight is 235 g/mol. The van der Waals surface area contributed by atoms with Crippen LogP contribution in [0.1, 0.15) is 6.92 Å². The highest BCUT2D eigenvalue weighted by molar-refractivity contribution is 8.00. The maximum Gasteiger partial charge on any atom is 0.119 e. The van der Waals surface area contributed by atoms with Crippen molar-refractivity contribution in [2.24, 2.45) is 0 Å². The van der Waals surface area contributed by atoms with E-state index >= 15 is 0 Å². The van der Waals surface area contributed by atoms with E-state index in [2.05, 4.69) is 24.2 Å². The number of hydrogen-bond acceptors (Lipinski definition) is 3. The van der Waals surface area contributed by atoms with Crippen molar-refractivity contribution in [1.29, 1.82) is 0 Å². The van der Waals surface area contributed by atoms with E-state index in [1.165, 1.54) is 4.90 Å². The summed E-state index contributed by atoms with van der Waals surface area (Å²) >= 11 is 1.81. The highest BCUT2D eigenvalue weighted by Gasteiger charge is 2.04. The van der Waals surface area contributed by atoms with E-state index in [0.717, 1.165) is 12.3 Å². The first-order chi connectivity index (χ1) is 7.76. The molecule has 0 heterocycles. The molecule has 0 aliphatic heterocycles. The second-order valence-electron chi connectivity index (χ2n) is 3.44. The van der Waals surface area contributed by atoms with Crippen LogP contribution < -0.4 is 10.1 Å². The summed E-state index contributed by atoms with van der Waals surface area (Å²) < 4.78 is 5.18. The van der Waals surface area contributed by atoms with Gasteiger partial charge in [0.05, 0.1) is 13.7 Å². The highest BCUT2D eigenvalue weighted by atomic mass is 32.2. The standard InChI is InChI=1S/C13H17NOS/c1-4-8-14-10-11(2)16-13-7-5-6-12(9-13)15-3/h1,5-7,9,11,14H,8,10H2,2-3H3. The van der Waals surface area contributed by atoms with E-state index in [0.29, 0.717) is 11.8 Å². The fourth-order valence-electron chi connectivity index (χ4n) is 1.30. The topological polar surface area (TPSA) is 21.3 Å². The first-order valence-corrected chi connectivity index (χ1v) is 6.09. The Morgan fingerprint density at radius 1 is 1.56 bits per heavy atom. The SMILES string of the molecule is C#CCNCC(C)Sc1cccc(OC)c1. The van der Waals surface area contributed by atoms with Crippen molar-refractivity contribution in [3.8, 4) is 18.1 Å². The van der Waals surface area contributed by atoms with Gasteiger partial charge in [-0.1, -0.05) is 18.9 Å². The maximum absolute atomic E-state index is 5.18. The fourth-order valence-corrected chi connectivity index (χ4v) is 2.30. The molecule has 16 heavy (non-hydrogen) atoms. The Kier molecular flexibility index (Phi) is 5.84. The molecular formula is C13H17NOS. The quantitative estimate of drug-likeness (QED) is 0.465. The van der Waals surface area contributed by atoms with Crippen LogP contribution in [0.25, 0.3) is 0 Å². The summed E-state index contributed by atoms with van der Waals surface area (Å²) in [4.78, 5) is 1.22. The monoisotopic (exact) mass is 235 g/mol. The molecule has 0 saturated carbocycles. The molecule has 0 radical (unpaired) electrons. The van der Waals surface area contributed by atoms with Crippen LogP contribution in [0.2, 0.25) is 0 Å². The minimum Gasteiger partial charge on any atom is -0.497 e. The maximum atomic E-state index is 5.18. The third-order valence-corrected chi connectivity index (χ3v) is 3.13. The molecule has 1 atom stereocenters. The van der Waals surface area contributed by atoms with E-state index in [1.807, 2.05) is 30.0 Å². The van der Waals surface area contributed by atoms with Gasteiger partial charge in [0.1, 0.15) is 5.75 Å². The zero-order valence-corrected chi connectivity index (χ0v) is 10.5. The van der Waals surface area contributed by atoms with Crippen LogP contribution in [0.3, 0.4) is 0 Å². The Morgan fingerprint density at radius 2 is 2.38 bits per heavy atom. The number of hydrogen-bond donors (Lipinski definition) is 1. The fraction of sp³-hybridized carbons (Fsp3) is 0.385. The van der Waals surface area contributed by atoms with Crippen LogP contribution in [0, 0.1) is 12.3 Å². The van der Waals surface area contributed by atoms with Crippen LogP contribution in [0.15, 0.2) is 29.2 Å². The molecule has 0 amide bonds. The smallest absolute Gasteiger partial charge is 0.119 e. The molecule has 0 aromatic heterocycles. The Labute approximate surface area is 102 Å². The summed E-state index contributed by atoms with van der Waals surface area (Å²) in [5.74, 6) is 3.46. The van der Waals surface area contributed by atoms with Gasteiger partial charge in [-0.2, -0.15) is 0 Å². The van der Waals surface area contributed by atoms with Crippen LogP contribution in [-0.4, -0.2) is 25.4 Å². The van der Waals surface area contributed by atoms with Crippen LogP contribution in [0.4, 0.5) is 0 Å². The molecule has 0 aliphatic rings. The van der Waals surface area contributed by atoms with Gasteiger partial charge in [-0.15, -0.1) is 18.2 Å². The van der Waals surface area contributed by atoms with Gasteiger partial charge in [-0.3, -0.25) is 0 Å². The molecule has 86 valence electrons. The molecule has 0 saturated heterocycles. The van der Waals surface area contributed by atoms with E-state index < -0.39 is 0 Å². The van der Waals surface area contributed by atoms with Crippen molar-refractivity contribution >= 4 is 11.8 Å². The number of ether oxygens (including phenoxy) is 1. The Morgan fingerprint density at radius 3 is 3.06 bits per heavy atom. The summed E-state index contributed by atoms with van der Waals surface area (Å²) in [6.07, 6.45) is 5.17. The van der Waals surface area contributed by atoms with Crippen LogP contribution >= 0.6 is 11.8 Å². The van der Waals surface area contributed by atoms with Gasteiger partial charge in [0, 0.05) is 16.7 Å².